The lowest BCUT2D eigenvalue weighted by atomic mass is 10.2. The number of thioether (sulfide) groups is 1. The van der Waals surface area contributed by atoms with Gasteiger partial charge in [0.2, 0.25) is 10.0 Å². The number of hydrogen-bond acceptors (Lipinski definition) is 7. The molecule has 0 radical (unpaired) electrons. The van der Waals surface area contributed by atoms with Gasteiger partial charge in [0.25, 0.3) is 0 Å². The molecule has 0 N–H and O–H groups in total. The zero-order valence-corrected chi connectivity index (χ0v) is 20.2. The van der Waals surface area contributed by atoms with Gasteiger partial charge >= 0.3 is 5.97 Å². The van der Waals surface area contributed by atoms with Crippen LogP contribution in [0.5, 0.6) is 0 Å². The molecule has 1 aliphatic heterocycles. The van der Waals surface area contributed by atoms with Crippen molar-refractivity contribution in [1.82, 2.24) is 19.1 Å². The largest absolute Gasteiger partial charge is 0.465 e. The molecule has 1 atom stereocenters. The Morgan fingerprint density at radius 1 is 1.09 bits per heavy atom. The highest BCUT2D eigenvalue weighted by atomic mass is 32.2. The van der Waals surface area contributed by atoms with Crippen LogP contribution in [0.1, 0.15) is 25.8 Å². The van der Waals surface area contributed by atoms with Crippen molar-refractivity contribution in [1.29, 1.82) is 0 Å². The van der Waals surface area contributed by atoms with Crippen molar-refractivity contribution in [2.24, 2.45) is 0 Å². The van der Waals surface area contributed by atoms with Gasteiger partial charge in [0.1, 0.15) is 5.25 Å². The topological polar surface area (TPSA) is 94.4 Å². The summed E-state index contributed by atoms with van der Waals surface area (Å²) in [4.78, 5) is 12.2. The first kappa shape index (κ1) is 23.5. The Morgan fingerprint density at radius 2 is 1.85 bits per heavy atom. The molecule has 10 heteroatoms. The van der Waals surface area contributed by atoms with Gasteiger partial charge < -0.3 is 4.74 Å². The molecular weight excluding hydrogens is 460 g/mol. The molecule has 1 saturated heterocycles. The van der Waals surface area contributed by atoms with Crippen LogP contribution in [0.4, 0.5) is 0 Å². The maximum absolute atomic E-state index is 13.1. The molecule has 174 valence electrons. The van der Waals surface area contributed by atoms with E-state index in [0.717, 1.165) is 5.56 Å². The van der Waals surface area contributed by atoms with Crippen molar-refractivity contribution < 1.29 is 17.9 Å². The highest BCUT2D eigenvalue weighted by Gasteiger charge is 2.30. The SMILES string of the molecule is CCN(CC)S(=O)(=O)c1cccc(-c2nnc(S[C@H]3CCOC3=O)n2Cc2ccccc2)c1. The minimum absolute atomic E-state index is 0.214. The van der Waals surface area contributed by atoms with E-state index in [1.165, 1.54) is 16.1 Å². The van der Waals surface area contributed by atoms with Crippen molar-refractivity contribution >= 4 is 27.8 Å². The van der Waals surface area contributed by atoms with E-state index in [9.17, 15) is 13.2 Å². The lowest BCUT2D eigenvalue weighted by Crippen LogP contribution is -2.30. The molecule has 1 aromatic heterocycles. The fourth-order valence-electron chi connectivity index (χ4n) is 3.72. The first-order valence-corrected chi connectivity index (χ1v) is 13.2. The van der Waals surface area contributed by atoms with Gasteiger partial charge in [0, 0.05) is 25.1 Å². The number of cyclic esters (lactones) is 1. The molecule has 0 amide bonds. The van der Waals surface area contributed by atoms with Crippen LogP contribution >= 0.6 is 11.8 Å². The maximum Gasteiger partial charge on any atom is 0.319 e. The predicted molar refractivity (Wildman–Crippen MR) is 126 cm³/mol. The Morgan fingerprint density at radius 3 is 2.52 bits per heavy atom. The van der Waals surface area contributed by atoms with E-state index in [0.29, 0.717) is 49.2 Å². The van der Waals surface area contributed by atoms with E-state index in [2.05, 4.69) is 10.2 Å². The Bertz CT molecular complexity index is 1220. The van der Waals surface area contributed by atoms with E-state index in [-0.39, 0.29) is 16.1 Å². The lowest BCUT2D eigenvalue weighted by molar-refractivity contribution is -0.137. The number of esters is 1. The molecule has 4 rings (SSSR count). The van der Waals surface area contributed by atoms with Gasteiger partial charge in [-0.15, -0.1) is 10.2 Å². The summed E-state index contributed by atoms with van der Waals surface area (Å²) in [5, 5.41) is 9.01. The molecule has 0 saturated carbocycles. The van der Waals surface area contributed by atoms with Crippen molar-refractivity contribution in [2.45, 2.75) is 42.1 Å². The van der Waals surface area contributed by atoms with Crippen molar-refractivity contribution in [3.8, 4) is 11.4 Å². The second-order valence-corrected chi connectivity index (χ2v) is 10.7. The van der Waals surface area contributed by atoms with E-state index >= 15 is 0 Å². The van der Waals surface area contributed by atoms with Gasteiger partial charge in [-0.1, -0.05) is 68.1 Å². The number of nitrogens with zero attached hydrogens (tertiary/aromatic N) is 4. The Balaban J connectivity index is 1.75. The Kier molecular flexibility index (Phi) is 7.16. The first-order valence-electron chi connectivity index (χ1n) is 10.8. The second kappa shape index (κ2) is 10.1. The van der Waals surface area contributed by atoms with Crippen LogP contribution in [-0.4, -0.2) is 58.4 Å². The Hall–Kier alpha value is -2.69. The minimum Gasteiger partial charge on any atom is -0.465 e. The van der Waals surface area contributed by atoms with Crippen LogP contribution < -0.4 is 0 Å². The standard InChI is InChI=1S/C23H26N4O4S2/c1-3-26(4-2)33(29,30)19-12-8-11-18(15-19)21-24-25-23(32-20-13-14-31-22(20)28)27(21)16-17-9-6-5-7-10-17/h5-12,15,20H,3-4,13-14,16H2,1-2H3/t20-/m0/s1. The number of carbonyl (C=O) groups excluding carboxylic acids is 1. The van der Waals surface area contributed by atoms with Crippen molar-refractivity contribution in [3.63, 3.8) is 0 Å². The average Bonchev–Trinajstić information content (AvgIpc) is 3.41. The molecule has 0 spiro atoms. The predicted octanol–water partition coefficient (Wildman–Crippen LogP) is 3.43. The zero-order valence-electron chi connectivity index (χ0n) is 18.5. The molecule has 33 heavy (non-hydrogen) atoms. The summed E-state index contributed by atoms with van der Waals surface area (Å²) in [5.41, 5.74) is 1.69. The normalized spacial score (nSPS) is 16.3. The molecule has 0 bridgehead atoms. The third-order valence-electron chi connectivity index (χ3n) is 5.47. The second-order valence-electron chi connectivity index (χ2n) is 7.56. The highest BCUT2D eigenvalue weighted by molar-refractivity contribution is 8.00. The van der Waals surface area contributed by atoms with Gasteiger partial charge in [-0.25, -0.2) is 8.42 Å². The van der Waals surface area contributed by atoms with Crippen LogP contribution in [0.25, 0.3) is 11.4 Å². The first-order chi connectivity index (χ1) is 15.9. The fourth-order valence-corrected chi connectivity index (χ4v) is 6.22. The van der Waals surface area contributed by atoms with E-state index in [1.54, 1.807) is 18.2 Å². The summed E-state index contributed by atoms with van der Waals surface area (Å²) in [6.07, 6.45) is 0.620. The third-order valence-corrected chi connectivity index (χ3v) is 8.74. The maximum atomic E-state index is 13.1. The van der Waals surface area contributed by atoms with Gasteiger partial charge in [-0.2, -0.15) is 4.31 Å². The number of rotatable bonds is 9. The van der Waals surface area contributed by atoms with Crippen molar-refractivity contribution in [2.75, 3.05) is 19.7 Å². The fraction of sp³-hybridized carbons (Fsp3) is 0.348. The van der Waals surface area contributed by atoms with Crippen LogP contribution in [0.15, 0.2) is 64.6 Å². The smallest absolute Gasteiger partial charge is 0.319 e. The minimum atomic E-state index is -3.61. The molecule has 8 nitrogen and oxygen atoms in total. The van der Waals surface area contributed by atoms with Gasteiger partial charge in [0.15, 0.2) is 11.0 Å². The van der Waals surface area contributed by atoms with E-state index in [4.69, 9.17) is 4.74 Å². The summed E-state index contributed by atoms with van der Waals surface area (Å²) in [6.45, 7) is 5.32. The third kappa shape index (κ3) is 4.97. The quantitative estimate of drug-likeness (QED) is 0.428. The summed E-state index contributed by atoms with van der Waals surface area (Å²) in [5.74, 6) is 0.299. The van der Waals surface area contributed by atoms with Crippen LogP contribution in [0.2, 0.25) is 0 Å². The molecule has 3 aromatic rings. The van der Waals surface area contributed by atoms with E-state index < -0.39 is 10.0 Å². The molecule has 1 aliphatic rings. The van der Waals surface area contributed by atoms with Gasteiger partial charge in [-0.3, -0.25) is 9.36 Å². The lowest BCUT2D eigenvalue weighted by Gasteiger charge is -2.19. The Labute approximate surface area is 198 Å². The summed E-state index contributed by atoms with van der Waals surface area (Å²) in [7, 11) is -3.61. The van der Waals surface area contributed by atoms with Crippen LogP contribution in [0, 0.1) is 0 Å². The summed E-state index contributed by atoms with van der Waals surface area (Å²) in [6, 6.07) is 16.6. The average molecular weight is 487 g/mol. The highest BCUT2D eigenvalue weighted by Crippen LogP contribution is 2.32. The van der Waals surface area contributed by atoms with Crippen LogP contribution in [0.3, 0.4) is 0 Å². The molecular formula is C23H26N4O4S2. The number of aromatic nitrogens is 3. The van der Waals surface area contributed by atoms with Crippen LogP contribution in [-0.2, 0) is 26.1 Å². The van der Waals surface area contributed by atoms with Gasteiger partial charge in [-0.05, 0) is 17.7 Å². The summed E-state index contributed by atoms with van der Waals surface area (Å²) < 4.78 is 34.6. The van der Waals surface area contributed by atoms with E-state index in [1.807, 2.05) is 54.8 Å². The molecule has 2 heterocycles. The number of benzene rings is 2. The number of hydrogen-bond donors (Lipinski definition) is 0. The molecule has 0 aliphatic carbocycles. The molecule has 0 unspecified atom stereocenters. The van der Waals surface area contributed by atoms with Crippen molar-refractivity contribution in [3.05, 3.63) is 60.2 Å². The summed E-state index contributed by atoms with van der Waals surface area (Å²) >= 11 is 1.33. The number of carbonyl (C=O) groups is 1. The number of ether oxygens (including phenoxy) is 1. The zero-order chi connectivity index (χ0) is 23.4. The monoisotopic (exact) mass is 486 g/mol. The molecule has 1 fully saturated rings. The number of sulfonamides is 1. The molecule has 2 aromatic carbocycles. The van der Waals surface area contributed by atoms with Gasteiger partial charge in [0.05, 0.1) is 18.0 Å².